The summed E-state index contributed by atoms with van der Waals surface area (Å²) in [6.45, 7) is 4.31. The molecule has 0 radical (unpaired) electrons. The Morgan fingerprint density at radius 2 is 1.91 bits per heavy atom. The van der Waals surface area contributed by atoms with Gasteiger partial charge in [-0.3, -0.25) is 9.59 Å². The number of benzene rings is 2. The second-order valence-electron chi connectivity index (χ2n) is 7.33. The van der Waals surface area contributed by atoms with Crippen LogP contribution in [-0.2, 0) is 13.2 Å². The predicted octanol–water partition coefficient (Wildman–Crippen LogP) is 4.19. The largest absolute Gasteiger partial charge is 0.484 e. The van der Waals surface area contributed by atoms with Gasteiger partial charge in [0.15, 0.2) is 5.76 Å². The van der Waals surface area contributed by atoms with Gasteiger partial charge in [0.2, 0.25) is 0 Å². The molecule has 3 aromatic rings. The van der Waals surface area contributed by atoms with E-state index in [0.717, 1.165) is 12.0 Å². The lowest BCUT2D eigenvalue weighted by molar-refractivity contribution is 0.0917. The number of hydrogen-bond donors (Lipinski definition) is 2. The van der Waals surface area contributed by atoms with E-state index in [0.29, 0.717) is 22.6 Å². The van der Waals surface area contributed by atoms with Crippen molar-refractivity contribution in [3.63, 3.8) is 0 Å². The maximum atomic E-state index is 12.4. The van der Waals surface area contributed by atoms with Gasteiger partial charge in [0, 0.05) is 18.2 Å². The molecule has 1 heterocycles. The predicted molar refractivity (Wildman–Crippen MR) is 119 cm³/mol. The highest BCUT2D eigenvalue weighted by Gasteiger charge is 2.13. The first kappa shape index (κ1) is 22.6. The van der Waals surface area contributed by atoms with Gasteiger partial charge in [-0.15, -0.1) is 0 Å². The van der Waals surface area contributed by atoms with E-state index in [4.69, 9.17) is 14.4 Å². The molecule has 164 valence electrons. The molecule has 0 saturated heterocycles. The molecule has 1 unspecified atom stereocenters. The van der Waals surface area contributed by atoms with Gasteiger partial charge in [-0.25, -0.2) is 0 Å². The standard InChI is InChI=1S/C25H25N3O4/c1-3-17(2)28-24(29)19-9-6-7-18(13-19)15-27-25(30)23-12-11-21(32-23)16-31-22-10-5-4-8-20(22)14-26/h4-13,17H,3,15-16H2,1-2H3,(H,27,30)(H,28,29). The number of nitrogens with zero attached hydrogens (tertiary/aromatic N) is 1. The zero-order valence-electron chi connectivity index (χ0n) is 18.1. The SMILES string of the molecule is CCC(C)NC(=O)c1cccc(CNC(=O)c2ccc(COc3ccccc3C#N)o2)c1. The van der Waals surface area contributed by atoms with E-state index in [1.165, 1.54) is 0 Å². The Balaban J connectivity index is 1.55. The van der Waals surface area contributed by atoms with Crippen molar-refractivity contribution in [2.45, 2.75) is 39.5 Å². The monoisotopic (exact) mass is 431 g/mol. The summed E-state index contributed by atoms with van der Waals surface area (Å²) in [5, 5.41) is 14.8. The van der Waals surface area contributed by atoms with Crippen LogP contribution in [0.5, 0.6) is 5.75 Å². The van der Waals surface area contributed by atoms with E-state index in [1.807, 2.05) is 19.9 Å². The van der Waals surface area contributed by atoms with Gasteiger partial charge in [-0.1, -0.05) is 31.2 Å². The summed E-state index contributed by atoms with van der Waals surface area (Å²) < 4.78 is 11.2. The number of para-hydroxylation sites is 1. The van der Waals surface area contributed by atoms with E-state index >= 15 is 0 Å². The van der Waals surface area contributed by atoms with Crippen molar-refractivity contribution in [1.29, 1.82) is 5.26 Å². The summed E-state index contributed by atoms with van der Waals surface area (Å²) in [6, 6.07) is 19.4. The lowest BCUT2D eigenvalue weighted by Crippen LogP contribution is -2.32. The smallest absolute Gasteiger partial charge is 0.287 e. The van der Waals surface area contributed by atoms with Gasteiger partial charge < -0.3 is 19.8 Å². The van der Waals surface area contributed by atoms with Crippen molar-refractivity contribution in [3.8, 4) is 11.8 Å². The number of ether oxygens (including phenoxy) is 1. The first-order chi connectivity index (χ1) is 15.5. The van der Waals surface area contributed by atoms with Crippen LogP contribution >= 0.6 is 0 Å². The third-order valence-corrected chi connectivity index (χ3v) is 4.89. The molecule has 2 aromatic carbocycles. The number of carbonyl (C=O) groups is 2. The van der Waals surface area contributed by atoms with Gasteiger partial charge in [-0.2, -0.15) is 5.26 Å². The zero-order chi connectivity index (χ0) is 22.9. The van der Waals surface area contributed by atoms with E-state index in [-0.39, 0.29) is 36.8 Å². The van der Waals surface area contributed by atoms with Crippen LogP contribution < -0.4 is 15.4 Å². The maximum Gasteiger partial charge on any atom is 0.287 e. The van der Waals surface area contributed by atoms with E-state index in [1.54, 1.807) is 54.6 Å². The Morgan fingerprint density at radius 1 is 1.09 bits per heavy atom. The van der Waals surface area contributed by atoms with Crippen molar-refractivity contribution in [1.82, 2.24) is 10.6 Å². The number of furan rings is 1. The van der Waals surface area contributed by atoms with Crippen LogP contribution in [0.2, 0.25) is 0 Å². The van der Waals surface area contributed by atoms with Gasteiger partial charge in [0.05, 0.1) is 5.56 Å². The molecule has 0 bridgehead atoms. The summed E-state index contributed by atoms with van der Waals surface area (Å²) in [5.74, 6) is 0.563. The van der Waals surface area contributed by atoms with E-state index in [9.17, 15) is 9.59 Å². The average Bonchev–Trinajstić information content (AvgIpc) is 3.30. The molecule has 2 N–H and O–H groups in total. The lowest BCUT2D eigenvalue weighted by atomic mass is 10.1. The van der Waals surface area contributed by atoms with Crippen LogP contribution in [0.15, 0.2) is 65.1 Å². The highest BCUT2D eigenvalue weighted by Crippen LogP contribution is 2.19. The number of nitriles is 1. The Labute approximate surface area is 187 Å². The molecule has 0 spiro atoms. The van der Waals surface area contributed by atoms with Crippen molar-refractivity contribution < 1.29 is 18.7 Å². The fraction of sp³-hybridized carbons (Fsp3) is 0.240. The zero-order valence-corrected chi connectivity index (χ0v) is 18.1. The normalized spacial score (nSPS) is 11.3. The summed E-state index contributed by atoms with van der Waals surface area (Å²) in [5.41, 5.74) is 1.78. The summed E-state index contributed by atoms with van der Waals surface area (Å²) >= 11 is 0. The Hall–Kier alpha value is -4.05. The van der Waals surface area contributed by atoms with Crippen LogP contribution in [0.25, 0.3) is 0 Å². The number of amides is 2. The van der Waals surface area contributed by atoms with Crippen LogP contribution in [-0.4, -0.2) is 17.9 Å². The maximum absolute atomic E-state index is 12.4. The average molecular weight is 431 g/mol. The molecule has 1 atom stereocenters. The lowest BCUT2D eigenvalue weighted by Gasteiger charge is -2.12. The third-order valence-electron chi connectivity index (χ3n) is 4.89. The molecule has 32 heavy (non-hydrogen) atoms. The molecule has 0 aliphatic carbocycles. The molecule has 1 aromatic heterocycles. The number of nitrogens with one attached hydrogen (secondary N) is 2. The van der Waals surface area contributed by atoms with Gasteiger partial charge >= 0.3 is 0 Å². The van der Waals surface area contributed by atoms with Gasteiger partial charge in [0.25, 0.3) is 11.8 Å². The third kappa shape index (κ3) is 5.99. The summed E-state index contributed by atoms with van der Waals surface area (Å²) in [4.78, 5) is 24.7. The Bertz CT molecular complexity index is 1130. The van der Waals surface area contributed by atoms with Crippen molar-refractivity contribution in [3.05, 3.63) is 88.9 Å². The molecular formula is C25H25N3O4. The van der Waals surface area contributed by atoms with E-state index in [2.05, 4.69) is 16.7 Å². The molecule has 7 heteroatoms. The fourth-order valence-electron chi connectivity index (χ4n) is 2.91. The minimum absolute atomic E-state index is 0.0939. The first-order valence-corrected chi connectivity index (χ1v) is 10.4. The summed E-state index contributed by atoms with van der Waals surface area (Å²) in [6.07, 6.45) is 0.850. The second kappa shape index (κ2) is 10.8. The van der Waals surface area contributed by atoms with E-state index < -0.39 is 0 Å². The molecule has 0 fully saturated rings. The van der Waals surface area contributed by atoms with Crippen LogP contribution in [0.3, 0.4) is 0 Å². The Kier molecular flexibility index (Phi) is 7.65. The number of carbonyl (C=O) groups excluding carboxylic acids is 2. The van der Waals surface area contributed by atoms with Crippen LogP contribution in [0, 0.1) is 11.3 Å². The minimum atomic E-state index is -0.372. The van der Waals surface area contributed by atoms with Crippen LogP contribution in [0.4, 0.5) is 0 Å². The number of hydrogen-bond acceptors (Lipinski definition) is 5. The molecule has 7 nitrogen and oxygen atoms in total. The van der Waals surface area contributed by atoms with Crippen LogP contribution in [0.1, 0.15) is 58.1 Å². The highest BCUT2D eigenvalue weighted by atomic mass is 16.5. The second-order valence-corrected chi connectivity index (χ2v) is 7.33. The van der Waals surface area contributed by atoms with Crippen molar-refractivity contribution in [2.75, 3.05) is 0 Å². The van der Waals surface area contributed by atoms with Crippen molar-refractivity contribution in [2.24, 2.45) is 0 Å². The molecule has 0 saturated carbocycles. The summed E-state index contributed by atoms with van der Waals surface area (Å²) in [7, 11) is 0. The fourth-order valence-corrected chi connectivity index (χ4v) is 2.91. The van der Waals surface area contributed by atoms with Gasteiger partial charge in [0.1, 0.15) is 24.2 Å². The molecule has 0 aliphatic rings. The molecular weight excluding hydrogens is 406 g/mol. The molecule has 3 rings (SSSR count). The molecule has 2 amide bonds. The highest BCUT2D eigenvalue weighted by molar-refractivity contribution is 5.94. The first-order valence-electron chi connectivity index (χ1n) is 10.4. The molecule has 0 aliphatic heterocycles. The quantitative estimate of drug-likeness (QED) is 0.529. The van der Waals surface area contributed by atoms with Crippen molar-refractivity contribution >= 4 is 11.8 Å². The van der Waals surface area contributed by atoms with Gasteiger partial charge in [-0.05, 0) is 55.3 Å². The number of rotatable bonds is 9. The topological polar surface area (TPSA) is 104 Å². The Morgan fingerprint density at radius 3 is 2.69 bits per heavy atom. The minimum Gasteiger partial charge on any atom is -0.484 e.